The van der Waals surface area contributed by atoms with Gasteiger partial charge in [0.15, 0.2) is 0 Å². The number of phenolic OH excluding ortho intramolecular Hbond substituents is 1. The number of benzene rings is 1. The molecule has 0 heterocycles. The fourth-order valence-corrected chi connectivity index (χ4v) is 2.47. The van der Waals surface area contributed by atoms with Gasteiger partial charge in [0, 0.05) is 0 Å². The van der Waals surface area contributed by atoms with Crippen LogP contribution in [0.4, 0.5) is 0 Å². The molecule has 0 aliphatic carbocycles. The Balaban J connectivity index is 2.60. The van der Waals surface area contributed by atoms with E-state index in [1.54, 1.807) is 0 Å². The van der Waals surface area contributed by atoms with Crippen LogP contribution >= 0.6 is 0 Å². The Kier molecular flexibility index (Phi) is 6.10. The molecule has 0 aromatic heterocycles. The Morgan fingerprint density at radius 1 is 0.941 bits per heavy atom. The number of hydrogen-bond acceptors (Lipinski definition) is 1. The number of aryl methyl sites for hydroxylation is 1. The summed E-state index contributed by atoms with van der Waals surface area (Å²) in [6.45, 7) is 6.54. The minimum atomic E-state index is 0.489. The molecule has 1 aromatic rings. The molecule has 0 aliphatic heterocycles. The predicted octanol–water partition coefficient (Wildman–Crippen LogP) is 4.78. The summed E-state index contributed by atoms with van der Waals surface area (Å²) in [4.78, 5) is 0. The zero-order valence-electron chi connectivity index (χ0n) is 11.6. The molecule has 0 saturated heterocycles. The number of aromatic hydroxyl groups is 1. The minimum Gasteiger partial charge on any atom is -0.508 e. The molecule has 0 saturated carbocycles. The fraction of sp³-hybridized carbons (Fsp3) is 0.625. The van der Waals surface area contributed by atoms with Gasteiger partial charge in [0.25, 0.3) is 0 Å². The van der Waals surface area contributed by atoms with Gasteiger partial charge in [-0.3, -0.25) is 0 Å². The van der Waals surface area contributed by atoms with Crippen LogP contribution in [0.5, 0.6) is 5.75 Å². The zero-order valence-corrected chi connectivity index (χ0v) is 11.6. The maximum absolute atomic E-state index is 9.95. The molecule has 96 valence electrons. The van der Waals surface area contributed by atoms with Crippen molar-refractivity contribution in [3.8, 4) is 5.75 Å². The molecule has 1 heteroatoms. The molecule has 0 amide bonds. The quantitative estimate of drug-likeness (QED) is 0.673. The van der Waals surface area contributed by atoms with E-state index in [1.807, 2.05) is 12.1 Å². The van der Waals surface area contributed by atoms with Gasteiger partial charge in [0.2, 0.25) is 0 Å². The van der Waals surface area contributed by atoms with Crippen LogP contribution in [0.25, 0.3) is 0 Å². The number of unbranched alkanes of at least 4 members (excludes halogenated alkanes) is 4. The lowest BCUT2D eigenvalue weighted by Gasteiger charge is -2.13. The van der Waals surface area contributed by atoms with Gasteiger partial charge in [-0.15, -0.1) is 0 Å². The van der Waals surface area contributed by atoms with Crippen molar-refractivity contribution in [3.05, 3.63) is 28.8 Å². The minimum absolute atomic E-state index is 0.489. The molecular weight excluding hydrogens is 208 g/mol. The van der Waals surface area contributed by atoms with Gasteiger partial charge < -0.3 is 5.11 Å². The van der Waals surface area contributed by atoms with Crippen LogP contribution in [0.1, 0.15) is 62.6 Å². The normalized spacial score (nSPS) is 10.8. The highest BCUT2D eigenvalue weighted by Gasteiger charge is 2.08. The average Bonchev–Trinajstić information content (AvgIpc) is 2.33. The third-order valence-corrected chi connectivity index (χ3v) is 3.52. The van der Waals surface area contributed by atoms with E-state index < -0.39 is 0 Å². The van der Waals surface area contributed by atoms with E-state index in [4.69, 9.17) is 0 Å². The first-order valence-corrected chi connectivity index (χ1v) is 7.01. The maximum atomic E-state index is 9.95. The monoisotopic (exact) mass is 234 g/mol. The van der Waals surface area contributed by atoms with Crippen LogP contribution < -0.4 is 0 Å². The van der Waals surface area contributed by atoms with Crippen LogP contribution in [-0.2, 0) is 12.8 Å². The smallest absolute Gasteiger partial charge is 0.119 e. The molecule has 0 spiro atoms. The highest BCUT2D eigenvalue weighted by atomic mass is 16.3. The van der Waals surface area contributed by atoms with E-state index in [2.05, 4.69) is 20.8 Å². The highest BCUT2D eigenvalue weighted by molar-refractivity contribution is 5.44. The zero-order chi connectivity index (χ0) is 12.7. The second-order valence-electron chi connectivity index (χ2n) is 4.88. The topological polar surface area (TPSA) is 20.2 Å². The summed E-state index contributed by atoms with van der Waals surface area (Å²) in [7, 11) is 0. The number of rotatable bonds is 7. The summed E-state index contributed by atoms with van der Waals surface area (Å²) in [5.74, 6) is 0.489. The van der Waals surface area contributed by atoms with Crippen molar-refractivity contribution in [3.63, 3.8) is 0 Å². The van der Waals surface area contributed by atoms with Crippen molar-refractivity contribution in [1.82, 2.24) is 0 Å². The molecular formula is C16H26O. The molecule has 0 aliphatic rings. The van der Waals surface area contributed by atoms with E-state index in [0.29, 0.717) is 5.75 Å². The van der Waals surface area contributed by atoms with E-state index >= 15 is 0 Å². The summed E-state index contributed by atoms with van der Waals surface area (Å²) < 4.78 is 0. The van der Waals surface area contributed by atoms with Crippen LogP contribution in [0.15, 0.2) is 12.1 Å². The van der Waals surface area contributed by atoms with E-state index in [-0.39, 0.29) is 0 Å². The summed E-state index contributed by atoms with van der Waals surface area (Å²) >= 11 is 0. The van der Waals surface area contributed by atoms with Crippen molar-refractivity contribution in [2.24, 2.45) is 0 Å². The molecule has 1 aromatic carbocycles. The van der Waals surface area contributed by atoms with Gasteiger partial charge in [-0.25, -0.2) is 0 Å². The van der Waals surface area contributed by atoms with Crippen LogP contribution in [0.2, 0.25) is 0 Å². The van der Waals surface area contributed by atoms with Crippen molar-refractivity contribution < 1.29 is 5.11 Å². The van der Waals surface area contributed by atoms with E-state index in [9.17, 15) is 5.11 Å². The van der Waals surface area contributed by atoms with Crippen molar-refractivity contribution in [2.75, 3.05) is 0 Å². The molecule has 17 heavy (non-hydrogen) atoms. The average molecular weight is 234 g/mol. The van der Waals surface area contributed by atoms with Crippen LogP contribution in [0.3, 0.4) is 0 Å². The molecule has 1 N–H and O–H groups in total. The Morgan fingerprint density at radius 2 is 1.65 bits per heavy atom. The fourth-order valence-electron chi connectivity index (χ4n) is 2.47. The molecule has 1 rings (SSSR count). The third-order valence-electron chi connectivity index (χ3n) is 3.52. The Labute approximate surface area is 106 Å². The summed E-state index contributed by atoms with van der Waals surface area (Å²) in [5.41, 5.74) is 3.85. The molecule has 0 radical (unpaired) electrons. The summed E-state index contributed by atoms with van der Waals surface area (Å²) in [5, 5.41) is 9.95. The van der Waals surface area contributed by atoms with Gasteiger partial charge in [-0.1, -0.05) is 45.6 Å². The van der Waals surface area contributed by atoms with Crippen molar-refractivity contribution >= 4 is 0 Å². The van der Waals surface area contributed by atoms with Crippen molar-refractivity contribution in [1.29, 1.82) is 0 Å². The van der Waals surface area contributed by atoms with Gasteiger partial charge in [-0.2, -0.15) is 0 Å². The predicted molar refractivity (Wildman–Crippen MR) is 74.7 cm³/mol. The lowest BCUT2D eigenvalue weighted by atomic mass is 9.94. The first-order valence-electron chi connectivity index (χ1n) is 7.01. The van der Waals surface area contributed by atoms with Gasteiger partial charge >= 0.3 is 0 Å². The highest BCUT2D eigenvalue weighted by Crippen LogP contribution is 2.26. The van der Waals surface area contributed by atoms with E-state index in [1.165, 1.54) is 48.8 Å². The standard InChI is InChI=1S/C16H26O/c1-4-6-7-8-9-10-15-14(5-2)13(3)11-12-16(15)17/h11-12,17H,4-10H2,1-3H3. The first-order chi connectivity index (χ1) is 8.20. The van der Waals surface area contributed by atoms with Crippen LogP contribution in [0, 0.1) is 6.92 Å². The molecule has 0 bridgehead atoms. The molecule has 0 unspecified atom stereocenters. The molecule has 1 nitrogen and oxygen atoms in total. The first kappa shape index (κ1) is 14.1. The molecule has 0 fully saturated rings. The molecule has 0 atom stereocenters. The van der Waals surface area contributed by atoms with Gasteiger partial charge in [-0.05, 0) is 48.9 Å². The van der Waals surface area contributed by atoms with E-state index in [0.717, 1.165) is 12.8 Å². The number of phenols is 1. The Morgan fingerprint density at radius 3 is 2.29 bits per heavy atom. The summed E-state index contributed by atoms with van der Waals surface area (Å²) in [6.07, 6.45) is 8.47. The van der Waals surface area contributed by atoms with Gasteiger partial charge in [0.1, 0.15) is 5.75 Å². The lowest BCUT2D eigenvalue weighted by Crippen LogP contribution is -1.97. The lowest BCUT2D eigenvalue weighted by molar-refractivity contribution is 0.464. The third kappa shape index (κ3) is 4.07. The Hall–Kier alpha value is -0.980. The summed E-state index contributed by atoms with van der Waals surface area (Å²) in [6, 6.07) is 3.87. The largest absolute Gasteiger partial charge is 0.508 e. The maximum Gasteiger partial charge on any atom is 0.119 e. The SMILES string of the molecule is CCCCCCCc1c(O)ccc(C)c1CC. The second-order valence-corrected chi connectivity index (χ2v) is 4.88. The van der Waals surface area contributed by atoms with Gasteiger partial charge in [0.05, 0.1) is 0 Å². The Bertz CT molecular complexity index is 342. The number of hydrogen-bond donors (Lipinski definition) is 1. The van der Waals surface area contributed by atoms with Crippen molar-refractivity contribution in [2.45, 2.75) is 65.7 Å². The second kappa shape index (κ2) is 7.37. The van der Waals surface area contributed by atoms with Crippen LogP contribution in [-0.4, -0.2) is 5.11 Å².